The number of aryl methyl sites for hydroxylation is 1. The van der Waals surface area contributed by atoms with Gasteiger partial charge >= 0.3 is 0 Å². The Labute approximate surface area is 145 Å². The van der Waals surface area contributed by atoms with Gasteiger partial charge in [-0.05, 0) is 12.5 Å². The van der Waals surface area contributed by atoms with E-state index >= 15 is 0 Å². The predicted octanol–water partition coefficient (Wildman–Crippen LogP) is 1.21. The number of thiazole rings is 1. The normalized spacial score (nSPS) is 15.6. The Morgan fingerprint density at radius 3 is 2.71 bits per heavy atom. The Bertz CT molecular complexity index is 747. The first kappa shape index (κ1) is 16.9. The Morgan fingerprint density at radius 1 is 1.25 bits per heavy atom. The maximum atomic E-state index is 12.4. The molecule has 0 aromatic carbocycles. The molecule has 1 fully saturated rings. The second-order valence-corrected chi connectivity index (χ2v) is 6.85. The van der Waals surface area contributed by atoms with Crippen LogP contribution in [0.25, 0.3) is 0 Å². The lowest BCUT2D eigenvalue weighted by atomic mass is 10.3. The largest absolute Gasteiger partial charge is 0.339 e. The van der Waals surface area contributed by atoms with Gasteiger partial charge in [0.1, 0.15) is 6.54 Å². The molecule has 0 unspecified atom stereocenters. The van der Waals surface area contributed by atoms with Crippen molar-refractivity contribution in [2.24, 2.45) is 0 Å². The molecule has 128 valence electrons. The maximum Gasteiger partial charge on any atom is 0.250 e. The molecular formula is C17H22N4O2S. The Kier molecular flexibility index (Phi) is 5.42. The van der Waals surface area contributed by atoms with E-state index < -0.39 is 0 Å². The molecule has 7 heteroatoms. The Hall–Kier alpha value is -1.99. The fraction of sp³-hybridized carbons (Fsp3) is 0.471. The number of piperazine rings is 1. The zero-order chi connectivity index (χ0) is 16.9. The van der Waals surface area contributed by atoms with Crippen LogP contribution in [0.5, 0.6) is 0 Å². The van der Waals surface area contributed by atoms with Crippen molar-refractivity contribution in [3.63, 3.8) is 0 Å². The van der Waals surface area contributed by atoms with Gasteiger partial charge in [-0.25, -0.2) is 4.98 Å². The first-order valence-corrected chi connectivity index (χ1v) is 9.12. The van der Waals surface area contributed by atoms with Crippen molar-refractivity contribution in [3.05, 3.63) is 50.8 Å². The van der Waals surface area contributed by atoms with Crippen LogP contribution in [0.1, 0.15) is 17.6 Å². The van der Waals surface area contributed by atoms with Crippen LogP contribution >= 0.6 is 11.3 Å². The van der Waals surface area contributed by atoms with Gasteiger partial charge in [0.15, 0.2) is 0 Å². The highest BCUT2D eigenvalue weighted by atomic mass is 32.1. The van der Waals surface area contributed by atoms with E-state index in [4.69, 9.17) is 0 Å². The van der Waals surface area contributed by atoms with E-state index in [1.165, 1.54) is 15.6 Å². The summed E-state index contributed by atoms with van der Waals surface area (Å²) in [6.45, 7) is 6.16. The monoisotopic (exact) mass is 346 g/mol. The lowest BCUT2D eigenvalue weighted by molar-refractivity contribution is -0.133. The van der Waals surface area contributed by atoms with Crippen molar-refractivity contribution < 1.29 is 4.79 Å². The summed E-state index contributed by atoms with van der Waals surface area (Å²) in [4.78, 5) is 32.8. The number of hydrogen-bond donors (Lipinski definition) is 0. The number of hydrogen-bond acceptors (Lipinski definition) is 5. The SMILES string of the molecule is CCc1nc(CN2CCN(C(=O)Cn3ccccc3=O)CC2)cs1. The van der Waals surface area contributed by atoms with E-state index in [0.717, 1.165) is 31.7 Å². The number of pyridine rings is 1. The lowest BCUT2D eigenvalue weighted by Gasteiger charge is -2.34. The molecule has 3 rings (SSSR count). The van der Waals surface area contributed by atoms with Crippen molar-refractivity contribution in [3.8, 4) is 0 Å². The Morgan fingerprint density at radius 2 is 2.04 bits per heavy atom. The van der Waals surface area contributed by atoms with Gasteiger partial charge in [0, 0.05) is 50.4 Å². The molecule has 0 saturated carbocycles. The number of amides is 1. The lowest BCUT2D eigenvalue weighted by Crippen LogP contribution is -2.49. The molecular weight excluding hydrogens is 324 g/mol. The summed E-state index contributed by atoms with van der Waals surface area (Å²) in [6, 6.07) is 4.93. The molecule has 0 aliphatic carbocycles. The van der Waals surface area contributed by atoms with Crippen LogP contribution in [-0.4, -0.2) is 51.4 Å². The Balaban J connectivity index is 1.50. The van der Waals surface area contributed by atoms with Crippen LogP contribution in [0.3, 0.4) is 0 Å². The fourth-order valence-corrected chi connectivity index (χ4v) is 3.54. The summed E-state index contributed by atoms with van der Waals surface area (Å²) >= 11 is 1.71. The summed E-state index contributed by atoms with van der Waals surface area (Å²) in [5, 5.41) is 3.30. The molecule has 1 saturated heterocycles. The van der Waals surface area contributed by atoms with Gasteiger partial charge in [0.05, 0.1) is 10.7 Å². The van der Waals surface area contributed by atoms with Gasteiger partial charge in [-0.1, -0.05) is 13.0 Å². The third-order valence-electron chi connectivity index (χ3n) is 4.22. The van der Waals surface area contributed by atoms with Crippen LogP contribution in [0.2, 0.25) is 0 Å². The highest BCUT2D eigenvalue weighted by Crippen LogP contribution is 2.13. The summed E-state index contributed by atoms with van der Waals surface area (Å²) in [5.41, 5.74) is 0.979. The zero-order valence-corrected chi connectivity index (χ0v) is 14.7. The molecule has 0 radical (unpaired) electrons. The van der Waals surface area contributed by atoms with E-state index in [-0.39, 0.29) is 18.0 Å². The van der Waals surface area contributed by atoms with E-state index in [2.05, 4.69) is 22.2 Å². The van der Waals surface area contributed by atoms with Gasteiger partial charge in [-0.3, -0.25) is 14.5 Å². The van der Waals surface area contributed by atoms with E-state index in [0.29, 0.717) is 13.1 Å². The number of nitrogens with zero attached hydrogens (tertiary/aromatic N) is 4. The van der Waals surface area contributed by atoms with Crippen molar-refractivity contribution in [1.29, 1.82) is 0 Å². The first-order chi connectivity index (χ1) is 11.7. The quantitative estimate of drug-likeness (QED) is 0.817. The minimum absolute atomic E-state index is 0.00452. The second-order valence-electron chi connectivity index (χ2n) is 5.91. The van der Waals surface area contributed by atoms with Crippen molar-refractivity contribution in [2.45, 2.75) is 26.4 Å². The van der Waals surface area contributed by atoms with Crippen LogP contribution < -0.4 is 5.56 Å². The summed E-state index contributed by atoms with van der Waals surface area (Å²) in [5.74, 6) is 0.00452. The molecule has 24 heavy (non-hydrogen) atoms. The minimum Gasteiger partial charge on any atom is -0.339 e. The highest BCUT2D eigenvalue weighted by Gasteiger charge is 2.21. The van der Waals surface area contributed by atoms with Crippen molar-refractivity contribution in [1.82, 2.24) is 19.4 Å². The topological polar surface area (TPSA) is 58.4 Å². The van der Waals surface area contributed by atoms with Crippen molar-refractivity contribution >= 4 is 17.2 Å². The fourth-order valence-electron chi connectivity index (χ4n) is 2.81. The molecule has 0 N–H and O–H groups in total. The highest BCUT2D eigenvalue weighted by molar-refractivity contribution is 7.09. The second kappa shape index (κ2) is 7.72. The van der Waals surface area contributed by atoms with Crippen molar-refractivity contribution in [2.75, 3.05) is 26.2 Å². The average molecular weight is 346 g/mol. The standard InChI is InChI=1S/C17H22N4O2S/c1-2-15-18-14(13-24-15)11-19-7-9-20(10-8-19)17(23)12-21-6-4-3-5-16(21)22/h3-6,13H,2,7-12H2,1H3. The van der Waals surface area contributed by atoms with Crippen LogP contribution in [0.4, 0.5) is 0 Å². The van der Waals surface area contributed by atoms with Gasteiger partial charge in [-0.2, -0.15) is 0 Å². The summed E-state index contributed by atoms with van der Waals surface area (Å²) < 4.78 is 1.45. The molecule has 0 bridgehead atoms. The summed E-state index contributed by atoms with van der Waals surface area (Å²) in [6.07, 6.45) is 2.63. The number of carbonyl (C=O) groups is 1. The molecule has 6 nitrogen and oxygen atoms in total. The molecule has 1 aliphatic rings. The number of aromatic nitrogens is 2. The van der Waals surface area contributed by atoms with Gasteiger partial charge in [0.2, 0.25) is 5.91 Å². The first-order valence-electron chi connectivity index (χ1n) is 8.24. The summed E-state index contributed by atoms with van der Waals surface area (Å²) in [7, 11) is 0. The third-order valence-corrected chi connectivity index (χ3v) is 5.26. The van der Waals surface area contributed by atoms with Gasteiger partial charge in [0.25, 0.3) is 5.56 Å². The number of carbonyl (C=O) groups excluding carboxylic acids is 1. The maximum absolute atomic E-state index is 12.4. The molecule has 1 amide bonds. The van der Waals surface area contributed by atoms with Gasteiger partial charge < -0.3 is 9.47 Å². The zero-order valence-electron chi connectivity index (χ0n) is 13.9. The predicted molar refractivity (Wildman–Crippen MR) is 94.1 cm³/mol. The molecule has 0 spiro atoms. The van der Waals surface area contributed by atoms with E-state index in [1.807, 2.05) is 4.90 Å². The van der Waals surface area contributed by atoms with E-state index in [9.17, 15) is 9.59 Å². The number of rotatable bonds is 5. The molecule has 0 atom stereocenters. The van der Waals surface area contributed by atoms with Gasteiger partial charge in [-0.15, -0.1) is 11.3 Å². The molecule has 3 heterocycles. The van der Waals surface area contributed by atoms with E-state index in [1.54, 1.807) is 29.7 Å². The van der Waals surface area contributed by atoms with Crippen LogP contribution in [0, 0.1) is 0 Å². The van der Waals surface area contributed by atoms with Crippen LogP contribution in [0.15, 0.2) is 34.6 Å². The third kappa shape index (κ3) is 4.10. The smallest absolute Gasteiger partial charge is 0.250 e. The molecule has 2 aromatic rings. The minimum atomic E-state index is -0.139. The van der Waals surface area contributed by atoms with Crippen LogP contribution in [-0.2, 0) is 24.3 Å². The average Bonchev–Trinajstić information content (AvgIpc) is 3.05. The molecule has 2 aromatic heterocycles. The molecule has 1 aliphatic heterocycles.